The van der Waals surface area contributed by atoms with Gasteiger partial charge in [0.25, 0.3) is 5.91 Å². The fourth-order valence-electron chi connectivity index (χ4n) is 3.21. The summed E-state index contributed by atoms with van der Waals surface area (Å²) in [5.41, 5.74) is 1.17. The van der Waals surface area contributed by atoms with Gasteiger partial charge in [0.05, 0.1) is 12.1 Å². The minimum atomic E-state index is -0.287. The molecule has 27 heavy (non-hydrogen) atoms. The number of hydrogen-bond acceptors (Lipinski definition) is 7. The molecule has 0 atom stereocenters. The van der Waals surface area contributed by atoms with Gasteiger partial charge in [-0.05, 0) is 25.0 Å². The predicted molar refractivity (Wildman–Crippen MR) is 96.6 cm³/mol. The molecule has 0 saturated heterocycles. The van der Waals surface area contributed by atoms with Crippen LogP contribution in [0.5, 0.6) is 0 Å². The van der Waals surface area contributed by atoms with Crippen molar-refractivity contribution in [3.05, 3.63) is 54.2 Å². The lowest BCUT2D eigenvalue weighted by atomic mass is 9.89. The van der Waals surface area contributed by atoms with Gasteiger partial charge in [-0.1, -0.05) is 24.4 Å². The van der Waals surface area contributed by atoms with Crippen molar-refractivity contribution < 1.29 is 9.32 Å². The molecule has 3 aromatic heterocycles. The van der Waals surface area contributed by atoms with Gasteiger partial charge in [0.1, 0.15) is 0 Å². The molecule has 1 N–H and O–H groups in total. The molecule has 0 bridgehead atoms. The molecule has 0 radical (unpaired) electrons. The van der Waals surface area contributed by atoms with E-state index in [0.717, 1.165) is 24.2 Å². The van der Waals surface area contributed by atoms with Gasteiger partial charge in [-0.2, -0.15) is 4.98 Å². The van der Waals surface area contributed by atoms with Crippen LogP contribution in [0.3, 0.4) is 0 Å². The normalized spacial score (nSPS) is 14.8. The van der Waals surface area contributed by atoms with E-state index in [1.807, 2.05) is 12.1 Å². The molecule has 0 aromatic carbocycles. The summed E-state index contributed by atoms with van der Waals surface area (Å²) >= 11 is 0. The zero-order chi connectivity index (χ0) is 18.5. The summed E-state index contributed by atoms with van der Waals surface area (Å²) in [5.74, 6) is 1.78. The summed E-state index contributed by atoms with van der Waals surface area (Å²) in [6.45, 7) is 0.183. The molecule has 1 aliphatic carbocycles. The van der Waals surface area contributed by atoms with E-state index in [4.69, 9.17) is 4.52 Å². The molecule has 1 fully saturated rings. The number of carbonyl (C=O) groups excluding carboxylic acids is 1. The van der Waals surface area contributed by atoms with Crippen molar-refractivity contribution in [1.82, 2.24) is 30.4 Å². The van der Waals surface area contributed by atoms with Crippen molar-refractivity contribution in [3.63, 3.8) is 0 Å². The van der Waals surface area contributed by atoms with Crippen LogP contribution in [0.15, 0.2) is 41.4 Å². The number of pyridine rings is 1. The third kappa shape index (κ3) is 4.16. The SMILES string of the molecule is O=C(NCc1nc(C2CCCCC2)no1)c1cnc(-c2cccnc2)nc1. The molecule has 0 aliphatic heterocycles. The number of hydrogen-bond donors (Lipinski definition) is 1. The maximum absolute atomic E-state index is 12.3. The molecule has 3 heterocycles. The second-order valence-corrected chi connectivity index (χ2v) is 6.60. The summed E-state index contributed by atoms with van der Waals surface area (Å²) < 4.78 is 5.27. The standard InChI is InChI=1S/C19H20N6O2/c26-19(15-10-21-17(22-11-15)14-7-4-8-20-9-14)23-12-16-24-18(25-27-16)13-5-2-1-3-6-13/h4,7-11,13H,1-3,5-6,12H2,(H,23,26). The predicted octanol–water partition coefficient (Wildman–Crippen LogP) is 2.90. The second-order valence-electron chi connectivity index (χ2n) is 6.60. The first-order valence-corrected chi connectivity index (χ1v) is 9.13. The van der Waals surface area contributed by atoms with Crippen molar-refractivity contribution in [2.24, 2.45) is 0 Å². The maximum atomic E-state index is 12.3. The van der Waals surface area contributed by atoms with Crippen LogP contribution in [-0.2, 0) is 6.54 Å². The zero-order valence-corrected chi connectivity index (χ0v) is 14.8. The lowest BCUT2D eigenvalue weighted by Gasteiger charge is -2.17. The Morgan fingerprint density at radius 3 is 2.70 bits per heavy atom. The molecule has 8 heteroatoms. The minimum Gasteiger partial charge on any atom is -0.343 e. The number of carbonyl (C=O) groups is 1. The van der Waals surface area contributed by atoms with Crippen LogP contribution >= 0.6 is 0 Å². The summed E-state index contributed by atoms with van der Waals surface area (Å²) in [6.07, 6.45) is 12.2. The van der Waals surface area contributed by atoms with Crippen LogP contribution in [0.2, 0.25) is 0 Å². The second kappa shape index (κ2) is 8.03. The van der Waals surface area contributed by atoms with E-state index in [0.29, 0.717) is 23.2 Å². The Bertz CT molecular complexity index is 888. The van der Waals surface area contributed by atoms with Crippen molar-refractivity contribution in [1.29, 1.82) is 0 Å². The summed E-state index contributed by atoms with van der Waals surface area (Å²) in [6, 6.07) is 3.67. The fraction of sp³-hybridized carbons (Fsp3) is 0.368. The van der Waals surface area contributed by atoms with E-state index in [9.17, 15) is 4.79 Å². The summed E-state index contributed by atoms with van der Waals surface area (Å²) in [7, 11) is 0. The van der Waals surface area contributed by atoms with Crippen LogP contribution < -0.4 is 5.32 Å². The van der Waals surface area contributed by atoms with Gasteiger partial charge in [0, 0.05) is 36.3 Å². The summed E-state index contributed by atoms with van der Waals surface area (Å²) in [4.78, 5) is 29.2. The molecule has 8 nitrogen and oxygen atoms in total. The molecule has 3 aromatic rings. The third-order valence-electron chi connectivity index (χ3n) is 4.69. The van der Waals surface area contributed by atoms with E-state index in [1.165, 1.54) is 31.7 Å². The van der Waals surface area contributed by atoms with Crippen LogP contribution in [-0.4, -0.2) is 31.0 Å². The number of aromatic nitrogens is 5. The van der Waals surface area contributed by atoms with Crippen LogP contribution in [0.1, 0.15) is 60.1 Å². The van der Waals surface area contributed by atoms with Crippen LogP contribution in [0.25, 0.3) is 11.4 Å². The average molecular weight is 364 g/mol. The summed E-state index contributed by atoms with van der Waals surface area (Å²) in [5, 5.41) is 6.83. The number of nitrogens with zero attached hydrogens (tertiary/aromatic N) is 5. The van der Waals surface area contributed by atoms with E-state index < -0.39 is 0 Å². The minimum absolute atomic E-state index is 0.183. The van der Waals surface area contributed by atoms with Crippen molar-refractivity contribution in [2.75, 3.05) is 0 Å². The van der Waals surface area contributed by atoms with Crippen molar-refractivity contribution in [2.45, 2.75) is 44.6 Å². The molecule has 138 valence electrons. The van der Waals surface area contributed by atoms with Gasteiger partial charge >= 0.3 is 0 Å². The Hall–Kier alpha value is -3.16. The Morgan fingerprint density at radius 1 is 1.15 bits per heavy atom. The third-order valence-corrected chi connectivity index (χ3v) is 4.69. The Morgan fingerprint density at radius 2 is 1.96 bits per heavy atom. The quantitative estimate of drug-likeness (QED) is 0.742. The van der Waals surface area contributed by atoms with Crippen LogP contribution in [0.4, 0.5) is 0 Å². The Balaban J connectivity index is 1.35. The lowest BCUT2D eigenvalue weighted by molar-refractivity contribution is 0.0945. The van der Waals surface area contributed by atoms with Gasteiger partial charge in [0.15, 0.2) is 11.6 Å². The smallest absolute Gasteiger partial charge is 0.254 e. The number of amides is 1. The van der Waals surface area contributed by atoms with Gasteiger partial charge in [-0.3, -0.25) is 9.78 Å². The topological polar surface area (TPSA) is 107 Å². The number of nitrogens with one attached hydrogen (secondary N) is 1. The van der Waals surface area contributed by atoms with Gasteiger partial charge in [-0.25, -0.2) is 9.97 Å². The highest BCUT2D eigenvalue weighted by Crippen LogP contribution is 2.30. The van der Waals surface area contributed by atoms with E-state index in [1.54, 1.807) is 12.4 Å². The van der Waals surface area contributed by atoms with Gasteiger partial charge in [0.2, 0.25) is 5.89 Å². The van der Waals surface area contributed by atoms with E-state index in [2.05, 4.69) is 30.4 Å². The molecule has 1 saturated carbocycles. The lowest BCUT2D eigenvalue weighted by Crippen LogP contribution is -2.23. The first-order chi connectivity index (χ1) is 13.3. The highest BCUT2D eigenvalue weighted by Gasteiger charge is 2.21. The molecular weight excluding hydrogens is 344 g/mol. The van der Waals surface area contributed by atoms with Gasteiger partial charge in [-0.15, -0.1) is 0 Å². The zero-order valence-electron chi connectivity index (χ0n) is 14.8. The first kappa shape index (κ1) is 17.3. The maximum Gasteiger partial charge on any atom is 0.254 e. The van der Waals surface area contributed by atoms with Crippen molar-refractivity contribution >= 4 is 5.91 Å². The Labute approximate surface area is 156 Å². The highest BCUT2D eigenvalue weighted by atomic mass is 16.5. The monoisotopic (exact) mass is 364 g/mol. The average Bonchev–Trinajstić information content (AvgIpc) is 3.22. The molecule has 0 spiro atoms. The fourth-order valence-corrected chi connectivity index (χ4v) is 3.21. The molecule has 1 aliphatic rings. The largest absolute Gasteiger partial charge is 0.343 e. The van der Waals surface area contributed by atoms with E-state index >= 15 is 0 Å². The molecule has 4 rings (SSSR count). The first-order valence-electron chi connectivity index (χ1n) is 9.13. The Kier molecular flexibility index (Phi) is 5.13. The van der Waals surface area contributed by atoms with Crippen molar-refractivity contribution in [3.8, 4) is 11.4 Å². The molecular formula is C19H20N6O2. The number of rotatable bonds is 5. The van der Waals surface area contributed by atoms with Crippen LogP contribution in [0, 0.1) is 0 Å². The highest BCUT2D eigenvalue weighted by molar-refractivity contribution is 5.93. The molecule has 1 amide bonds. The van der Waals surface area contributed by atoms with E-state index in [-0.39, 0.29) is 12.5 Å². The molecule has 0 unspecified atom stereocenters. The van der Waals surface area contributed by atoms with Gasteiger partial charge < -0.3 is 9.84 Å².